The number of rotatable bonds is 3. The Bertz CT molecular complexity index is 920. The SMILES string of the molecule is Cc1nc2c(C)c(NC(=O)C3CC3)nc(-c3ccc(C)o3)n2n1. The Labute approximate surface area is 132 Å². The summed E-state index contributed by atoms with van der Waals surface area (Å²) in [4.78, 5) is 21.1. The summed E-state index contributed by atoms with van der Waals surface area (Å²) in [5.74, 6) is 3.21. The summed E-state index contributed by atoms with van der Waals surface area (Å²) >= 11 is 0. The predicted molar refractivity (Wildman–Crippen MR) is 84.0 cm³/mol. The molecule has 7 nitrogen and oxygen atoms in total. The number of nitrogens with one attached hydrogen (secondary N) is 1. The van der Waals surface area contributed by atoms with Crippen molar-refractivity contribution in [1.29, 1.82) is 0 Å². The van der Waals surface area contributed by atoms with E-state index in [2.05, 4.69) is 20.4 Å². The highest BCUT2D eigenvalue weighted by Crippen LogP contribution is 2.31. The zero-order chi connectivity index (χ0) is 16.1. The van der Waals surface area contributed by atoms with Gasteiger partial charge in [-0.05, 0) is 45.7 Å². The van der Waals surface area contributed by atoms with Gasteiger partial charge >= 0.3 is 0 Å². The molecule has 3 heterocycles. The monoisotopic (exact) mass is 311 g/mol. The average molecular weight is 311 g/mol. The van der Waals surface area contributed by atoms with E-state index >= 15 is 0 Å². The predicted octanol–water partition coefficient (Wildman–Crippen LogP) is 2.66. The highest BCUT2D eigenvalue weighted by molar-refractivity contribution is 5.94. The third kappa shape index (κ3) is 2.38. The van der Waals surface area contributed by atoms with E-state index in [0.717, 1.165) is 24.2 Å². The van der Waals surface area contributed by atoms with Gasteiger partial charge in [0.25, 0.3) is 0 Å². The second-order valence-corrected chi connectivity index (χ2v) is 5.98. The Morgan fingerprint density at radius 3 is 2.70 bits per heavy atom. The first-order chi connectivity index (χ1) is 11.0. The number of hydrogen-bond donors (Lipinski definition) is 1. The van der Waals surface area contributed by atoms with Crippen molar-refractivity contribution in [3.63, 3.8) is 0 Å². The third-order valence-corrected chi connectivity index (χ3v) is 3.97. The second kappa shape index (κ2) is 4.91. The Hall–Kier alpha value is -2.70. The van der Waals surface area contributed by atoms with Crippen LogP contribution in [0.4, 0.5) is 5.82 Å². The van der Waals surface area contributed by atoms with E-state index in [0.29, 0.717) is 28.9 Å². The number of anilines is 1. The van der Waals surface area contributed by atoms with Crippen LogP contribution in [0.15, 0.2) is 16.5 Å². The summed E-state index contributed by atoms with van der Waals surface area (Å²) in [5.41, 5.74) is 1.47. The maximum atomic E-state index is 12.1. The molecular weight excluding hydrogens is 294 g/mol. The Kier molecular flexibility index (Phi) is 2.97. The minimum absolute atomic E-state index is 0.0164. The van der Waals surface area contributed by atoms with E-state index in [4.69, 9.17) is 4.42 Å². The van der Waals surface area contributed by atoms with Gasteiger partial charge in [0.1, 0.15) is 17.4 Å². The van der Waals surface area contributed by atoms with Crippen LogP contribution in [-0.2, 0) is 4.79 Å². The lowest BCUT2D eigenvalue weighted by atomic mass is 10.3. The Balaban J connectivity index is 1.89. The van der Waals surface area contributed by atoms with E-state index in [1.807, 2.05) is 32.9 Å². The first-order valence-corrected chi connectivity index (χ1v) is 7.64. The standard InChI is InChI=1S/C16H17N5O2/c1-8-4-7-12(23-8)15-18-13(19-16(22)11-5-6-11)9(2)14-17-10(3)20-21(14)15/h4,7,11H,5-6H2,1-3H3,(H,19,22). The molecule has 0 spiro atoms. The fraction of sp³-hybridized carbons (Fsp3) is 0.375. The number of nitrogens with zero attached hydrogens (tertiary/aromatic N) is 4. The van der Waals surface area contributed by atoms with Crippen molar-refractivity contribution in [3.05, 3.63) is 29.3 Å². The smallest absolute Gasteiger partial charge is 0.228 e. The number of carbonyl (C=O) groups excluding carboxylic acids is 1. The number of aromatic nitrogens is 4. The Morgan fingerprint density at radius 2 is 2.04 bits per heavy atom. The zero-order valence-electron chi connectivity index (χ0n) is 13.3. The minimum Gasteiger partial charge on any atom is -0.458 e. The minimum atomic E-state index is 0.0164. The number of aryl methyl sites for hydroxylation is 3. The lowest BCUT2D eigenvalue weighted by Crippen LogP contribution is -2.16. The molecule has 118 valence electrons. The lowest BCUT2D eigenvalue weighted by Gasteiger charge is -2.10. The molecular formula is C16H17N5O2. The lowest BCUT2D eigenvalue weighted by molar-refractivity contribution is -0.117. The van der Waals surface area contributed by atoms with Crippen molar-refractivity contribution in [2.75, 3.05) is 5.32 Å². The number of amides is 1. The Morgan fingerprint density at radius 1 is 1.26 bits per heavy atom. The molecule has 1 aliphatic rings. The van der Waals surface area contributed by atoms with Crippen molar-refractivity contribution in [3.8, 4) is 11.6 Å². The highest BCUT2D eigenvalue weighted by atomic mass is 16.3. The van der Waals surface area contributed by atoms with Gasteiger partial charge in [-0.1, -0.05) is 0 Å². The molecule has 0 aliphatic heterocycles. The van der Waals surface area contributed by atoms with E-state index in [-0.39, 0.29) is 11.8 Å². The maximum Gasteiger partial charge on any atom is 0.228 e. The molecule has 1 N–H and O–H groups in total. The quantitative estimate of drug-likeness (QED) is 0.803. The number of furan rings is 1. The second-order valence-electron chi connectivity index (χ2n) is 5.98. The largest absolute Gasteiger partial charge is 0.458 e. The van der Waals surface area contributed by atoms with Crippen LogP contribution in [0.25, 0.3) is 17.2 Å². The molecule has 3 aromatic rings. The number of fused-ring (bicyclic) bond motifs is 1. The molecule has 23 heavy (non-hydrogen) atoms. The van der Waals surface area contributed by atoms with Crippen molar-refractivity contribution in [2.24, 2.45) is 5.92 Å². The van der Waals surface area contributed by atoms with E-state index in [1.165, 1.54) is 0 Å². The molecule has 0 aromatic carbocycles. The summed E-state index contributed by atoms with van der Waals surface area (Å²) in [6, 6.07) is 3.71. The summed E-state index contributed by atoms with van der Waals surface area (Å²) in [5, 5.41) is 7.32. The van der Waals surface area contributed by atoms with Crippen molar-refractivity contribution < 1.29 is 9.21 Å². The molecule has 0 radical (unpaired) electrons. The van der Waals surface area contributed by atoms with Crippen molar-refractivity contribution >= 4 is 17.4 Å². The van der Waals surface area contributed by atoms with Gasteiger partial charge in [-0.2, -0.15) is 4.52 Å². The van der Waals surface area contributed by atoms with Crippen molar-refractivity contribution in [2.45, 2.75) is 33.6 Å². The van der Waals surface area contributed by atoms with Gasteiger partial charge in [0.15, 0.2) is 11.4 Å². The van der Waals surface area contributed by atoms with Crippen LogP contribution in [0.3, 0.4) is 0 Å². The van der Waals surface area contributed by atoms with Gasteiger partial charge in [-0.3, -0.25) is 4.79 Å². The zero-order valence-corrected chi connectivity index (χ0v) is 13.3. The van der Waals surface area contributed by atoms with Crippen molar-refractivity contribution in [1.82, 2.24) is 19.6 Å². The molecule has 1 amide bonds. The van der Waals surface area contributed by atoms with Crippen LogP contribution >= 0.6 is 0 Å². The fourth-order valence-electron chi connectivity index (χ4n) is 2.55. The van der Waals surface area contributed by atoms with E-state index in [1.54, 1.807) is 4.52 Å². The van der Waals surface area contributed by atoms with Crippen LogP contribution in [0.5, 0.6) is 0 Å². The van der Waals surface area contributed by atoms with Gasteiger partial charge in [0.05, 0.1) is 0 Å². The summed E-state index contributed by atoms with van der Waals surface area (Å²) < 4.78 is 7.35. The van der Waals surface area contributed by atoms with Crippen LogP contribution in [-0.4, -0.2) is 25.5 Å². The van der Waals surface area contributed by atoms with Crippen LogP contribution in [0.2, 0.25) is 0 Å². The van der Waals surface area contributed by atoms with E-state index < -0.39 is 0 Å². The van der Waals surface area contributed by atoms with Gasteiger partial charge in [-0.15, -0.1) is 5.10 Å². The molecule has 3 aromatic heterocycles. The van der Waals surface area contributed by atoms with Crippen LogP contribution in [0.1, 0.15) is 30.0 Å². The molecule has 0 unspecified atom stereocenters. The molecule has 0 atom stereocenters. The summed E-state index contributed by atoms with van der Waals surface area (Å²) in [6.45, 7) is 5.58. The maximum absolute atomic E-state index is 12.1. The van der Waals surface area contributed by atoms with Gasteiger partial charge < -0.3 is 9.73 Å². The molecule has 4 rings (SSSR count). The first kappa shape index (κ1) is 13.9. The first-order valence-electron chi connectivity index (χ1n) is 7.64. The average Bonchev–Trinajstić information content (AvgIpc) is 3.17. The topological polar surface area (TPSA) is 85.3 Å². The number of carbonyl (C=O) groups is 1. The molecule has 7 heteroatoms. The normalized spacial score (nSPS) is 14.4. The van der Waals surface area contributed by atoms with E-state index in [9.17, 15) is 4.79 Å². The van der Waals surface area contributed by atoms with Crippen LogP contribution in [0, 0.1) is 26.7 Å². The third-order valence-electron chi connectivity index (χ3n) is 3.97. The van der Waals surface area contributed by atoms with Crippen LogP contribution < -0.4 is 5.32 Å². The number of hydrogen-bond acceptors (Lipinski definition) is 5. The van der Waals surface area contributed by atoms with Gasteiger partial charge in [0, 0.05) is 11.5 Å². The fourth-order valence-corrected chi connectivity index (χ4v) is 2.55. The van der Waals surface area contributed by atoms with Gasteiger partial charge in [0.2, 0.25) is 11.7 Å². The highest BCUT2D eigenvalue weighted by Gasteiger charge is 2.30. The molecule has 1 aliphatic carbocycles. The molecule has 0 bridgehead atoms. The van der Waals surface area contributed by atoms with Gasteiger partial charge in [-0.25, -0.2) is 9.97 Å². The molecule has 0 saturated heterocycles. The molecule has 1 fully saturated rings. The summed E-state index contributed by atoms with van der Waals surface area (Å²) in [6.07, 6.45) is 1.89. The summed E-state index contributed by atoms with van der Waals surface area (Å²) in [7, 11) is 0. The molecule has 1 saturated carbocycles.